The van der Waals surface area contributed by atoms with Gasteiger partial charge in [0.2, 0.25) is 5.91 Å². The zero-order valence-electron chi connectivity index (χ0n) is 14.0. The van der Waals surface area contributed by atoms with Crippen molar-refractivity contribution >= 4 is 50.5 Å². The highest BCUT2D eigenvalue weighted by molar-refractivity contribution is 9.09. The molecule has 0 unspecified atom stereocenters. The number of carbonyl (C=O) groups is 1. The third kappa shape index (κ3) is 5.07. The number of rotatable bonds is 10. The molecule has 1 amide bonds. The van der Waals surface area contributed by atoms with Gasteiger partial charge in [-0.05, 0) is 19.1 Å². The number of hydrogen-bond donors (Lipinski definition) is 2. The third-order valence-electron chi connectivity index (χ3n) is 3.38. The van der Waals surface area contributed by atoms with Gasteiger partial charge in [0.1, 0.15) is 5.82 Å². The zero-order valence-corrected chi connectivity index (χ0v) is 16.4. The number of hydrogen-bond acceptors (Lipinski definition) is 6. The monoisotopic (exact) mass is 414 g/mol. The Bertz CT molecular complexity index is 677. The maximum Gasteiger partial charge on any atom is 0.220 e. The number of nitrogens with one attached hydrogen (secondary N) is 2. The minimum Gasteiger partial charge on any atom is -0.369 e. The summed E-state index contributed by atoms with van der Waals surface area (Å²) < 4.78 is 1.82. The summed E-state index contributed by atoms with van der Waals surface area (Å²) in [6, 6.07) is 0. The molecule has 0 aromatic carbocycles. The number of anilines is 1. The summed E-state index contributed by atoms with van der Waals surface area (Å²) in [7, 11) is 0. The molecule has 0 aliphatic heterocycles. The van der Waals surface area contributed by atoms with Gasteiger partial charge in [-0.15, -0.1) is 0 Å². The van der Waals surface area contributed by atoms with Gasteiger partial charge in [-0.1, -0.05) is 34.6 Å². The standard InChI is InChI=1S/C15H23BrN6OS/c1-3-7-18-13-11-10-19-22(14(11)21-15(20-13)24-2)9-8-17-12(23)5-4-6-16/h10H,3-9H2,1-2H3,(H,17,23)(H,18,20,21). The first-order valence-electron chi connectivity index (χ1n) is 8.03. The summed E-state index contributed by atoms with van der Waals surface area (Å²) >= 11 is 4.83. The van der Waals surface area contributed by atoms with E-state index in [1.807, 2.05) is 10.9 Å². The van der Waals surface area contributed by atoms with E-state index in [-0.39, 0.29) is 5.91 Å². The van der Waals surface area contributed by atoms with Gasteiger partial charge >= 0.3 is 0 Å². The molecule has 2 rings (SSSR count). The van der Waals surface area contributed by atoms with Crippen LogP contribution in [0, 0.1) is 0 Å². The second-order valence-corrected chi connectivity index (χ2v) is 6.80. The normalized spacial score (nSPS) is 11.0. The van der Waals surface area contributed by atoms with Gasteiger partial charge < -0.3 is 10.6 Å². The quantitative estimate of drug-likeness (QED) is 0.353. The first-order chi connectivity index (χ1) is 11.7. The van der Waals surface area contributed by atoms with Crippen molar-refractivity contribution in [3.63, 3.8) is 0 Å². The van der Waals surface area contributed by atoms with Crippen LogP contribution >= 0.6 is 27.7 Å². The number of aromatic nitrogens is 4. The highest BCUT2D eigenvalue weighted by Gasteiger charge is 2.12. The van der Waals surface area contributed by atoms with Crippen molar-refractivity contribution in [3.05, 3.63) is 6.20 Å². The number of amides is 1. The van der Waals surface area contributed by atoms with E-state index in [9.17, 15) is 4.79 Å². The number of alkyl halides is 1. The van der Waals surface area contributed by atoms with E-state index in [1.54, 1.807) is 6.20 Å². The number of carbonyl (C=O) groups excluding carboxylic acids is 1. The molecule has 0 radical (unpaired) electrons. The van der Waals surface area contributed by atoms with Gasteiger partial charge in [-0.25, -0.2) is 14.6 Å². The lowest BCUT2D eigenvalue weighted by molar-refractivity contribution is -0.121. The van der Waals surface area contributed by atoms with Crippen molar-refractivity contribution in [3.8, 4) is 0 Å². The molecule has 2 aromatic heterocycles. The van der Waals surface area contributed by atoms with Crippen molar-refractivity contribution in [2.75, 3.05) is 30.0 Å². The van der Waals surface area contributed by atoms with E-state index in [0.717, 1.165) is 41.6 Å². The highest BCUT2D eigenvalue weighted by Crippen LogP contribution is 2.23. The molecule has 24 heavy (non-hydrogen) atoms. The molecule has 2 N–H and O–H groups in total. The minimum absolute atomic E-state index is 0.0654. The lowest BCUT2D eigenvalue weighted by Crippen LogP contribution is -2.27. The van der Waals surface area contributed by atoms with Gasteiger partial charge in [-0.3, -0.25) is 4.79 Å². The van der Waals surface area contributed by atoms with Crippen LogP contribution in [0.5, 0.6) is 0 Å². The van der Waals surface area contributed by atoms with Crippen LogP contribution in [0.3, 0.4) is 0 Å². The van der Waals surface area contributed by atoms with Crippen LogP contribution in [0.15, 0.2) is 11.4 Å². The summed E-state index contributed by atoms with van der Waals surface area (Å²) in [6.45, 7) is 4.09. The topological polar surface area (TPSA) is 84.7 Å². The maximum absolute atomic E-state index is 11.7. The summed E-state index contributed by atoms with van der Waals surface area (Å²) in [6.07, 6.45) is 6.14. The molecule has 0 saturated carbocycles. The molecule has 9 heteroatoms. The first-order valence-corrected chi connectivity index (χ1v) is 10.4. The van der Waals surface area contributed by atoms with Gasteiger partial charge in [0.25, 0.3) is 0 Å². The molecule has 0 spiro atoms. The van der Waals surface area contributed by atoms with E-state index < -0.39 is 0 Å². The van der Waals surface area contributed by atoms with Gasteiger partial charge in [-0.2, -0.15) is 5.10 Å². The Labute approximate surface area is 154 Å². The fraction of sp³-hybridized carbons (Fsp3) is 0.600. The molecular formula is C15H23BrN6OS. The summed E-state index contributed by atoms with van der Waals surface area (Å²) in [5.41, 5.74) is 0.794. The minimum atomic E-state index is 0.0654. The van der Waals surface area contributed by atoms with E-state index in [4.69, 9.17) is 0 Å². The van der Waals surface area contributed by atoms with E-state index in [0.29, 0.717) is 24.7 Å². The van der Waals surface area contributed by atoms with Gasteiger partial charge in [0, 0.05) is 24.8 Å². The molecule has 0 aliphatic rings. The molecule has 0 saturated heterocycles. The molecule has 0 fully saturated rings. The predicted octanol–water partition coefficient (Wildman–Crippen LogP) is 2.66. The Balaban J connectivity index is 2.09. The van der Waals surface area contributed by atoms with Crippen molar-refractivity contribution in [1.29, 1.82) is 0 Å². The Morgan fingerprint density at radius 2 is 2.21 bits per heavy atom. The Kier molecular flexibility index (Phi) is 7.77. The lowest BCUT2D eigenvalue weighted by atomic mass is 10.3. The van der Waals surface area contributed by atoms with Crippen molar-refractivity contribution in [2.24, 2.45) is 0 Å². The summed E-state index contributed by atoms with van der Waals surface area (Å²) in [5.74, 6) is 0.884. The maximum atomic E-state index is 11.7. The van der Waals surface area contributed by atoms with Crippen LogP contribution in [-0.2, 0) is 11.3 Å². The predicted molar refractivity (Wildman–Crippen MR) is 102 cm³/mol. The van der Waals surface area contributed by atoms with Crippen LogP contribution < -0.4 is 10.6 Å². The molecule has 2 heterocycles. The number of fused-ring (bicyclic) bond motifs is 1. The molecule has 132 valence electrons. The van der Waals surface area contributed by atoms with Gasteiger partial charge in [0.05, 0.1) is 18.1 Å². The molecule has 0 bridgehead atoms. The molecule has 2 aromatic rings. The summed E-state index contributed by atoms with van der Waals surface area (Å²) in [4.78, 5) is 20.8. The number of nitrogens with zero attached hydrogens (tertiary/aromatic N) is 4. The van der Waals surface area contributed by atoms with Crippen LogP contribution in [0.2, 0.25) is 0 Å². The summed E-state index contributed by atoms with van der Waals surface area (Å²) in [5, 5.41) is 13.1. The fourth-order valence-corrected chi connectivity index (χ4v) is 2.83. The van der Waals surface area contributed by atoms with Crippen molar-refractivity contribution < 1.29 is 4.79 Å². The largest absolute Gasteiger partial charge is 0.369 e. The van der Waals surface area contributed by atoms with E-state index >= 15 is 0 Å². The molecular weight excluding hydrogens is 392 g/mol. The Morgan fingerprint density at radius 1 is 1.38 bits per heavy atom. The average Bonchev–Trinajstić information content (AvgIpc) is 3.00. The smallest absolute Gasteiger partial charge is 0.220 e. The number of halogens is 1. The fourth-order valence-electron chi connectivity index (χ4n) is 2.19. The third-order valence-corrected chi connectivity index (χ3v) is 4.49. The van der Waals surface area contributed by atoms with Crippen LogP contribution in [0.1, 0.15) is 26.2 Å². The number of thioether (sulfide) groups is 1. The SMILES string of the molecule is CCCNc1nc(SC)nc2c1cnn2CCNC(=O)CCCBr. The van der Waals surface area contributed by atoms with Crippen molar-refractivity contribution in [2.45, 2.75) is 37.9 Å². The van der Waals surface area contributed by atoms with E-state index in [1.165, 1.54) is 11.8 Å². The second kappa shape index (κ2) is 9.83. The molecule has 0 atom stereocenters. The Morgan fingerprint density at radius 3 is 2.92 bits per heavy atom. The lowest BCUT2D eigenvalue weighted by Gasteiger charge is -2.08. The zero-order chi connectivity index (χ0) is 17.4. The van der Waals surface area contributed by atoms with Crippen molar-refractivity contribution in [1.82, 2.24) is 25.1 Å². The first kappa shape index (κ1) is 19.0. The molecule has 7 nitrogen and oxygen atoms in total. The highest BCUT2D eigenvalue weighted by atomic mass is 79.9. The van der Waals surface area contributed by atoms with Crippen LogP contribution in [-0.4, -0.2) is 50.3 Å². The second-order valence-electron chi connectivity index (χ2n) is 5.23. The molecule has 0 aliphatic carbocycles. The average molecular weight is 415 g/mol. The van der Waals surface area contributed by atoms with Crippen LogP contribution in [0.4, 0.5) is 5.82 Å². The van der Waals surface area contributed by atoms with Crippen LogP contribution in [0.25, 0.3) is 11.0 Å². The van der Waals surface area contributed by atoms with Gasteiger partial charge in [0.15, 0.2) is 10.8 Å². The Hall–Kier alpha value is -1.35. The van der Waals surface area contributed by atoms with E-state index in [2.05, 4.69) is 48.6 Å².